The van der Waals surface area contributed by atoms with E-state index in [2.05, 4.69) is 54.7 Å². The first kappa shape index (κ1) is 39.3. The normalized spacial score (nSPS) is 13.3. The average molecular weight is 930 g/mol. The molecule has 0 saturated heterocycles. The van der Waals surface area contributed by atoms with Gasteiger partial charge in [0.05, 0.1) is 42.6 Å². The summed E-state index contributed by atoms with van der Waals surface area (Å²) in [4.78, 5) is 46.3. The van der Waals surface area contributed by atoms with E-state index < -0.39 is 0 Å². The van der Waals surface area contributed by atoms with E-state index in [0.29, 0.717) is 29.9 Å². The second-order valence-electron chi connectivity index (χ2n) is 12.5. The topological polar surface area (TPSA) is 127 Å². The fourth-order valence-corrected chi connectivity index (χ4v) is 6.17. The summed E-state index contributed by atoms with van der Waals surface area (Å²) in [5, 5.41) is 0. The van der Waals surface area contributed by atoms with Gasteiger partial charge in [-0.15, -0.1) is 0 Å². The van der Waals surface area contributed by atoms with Crippen LogP contribution >= 0.6 is 22.6 Å². The van der Waals surface area contributed by atoms with Gasteiger partial charge in [-0.05, 0) is 96.7 Å². The van der Waals surface area contributed by atoms with Crippen molar-refractivity contribution in [3.8, 4) is 22.8 Å². The number of aromatic nitrogens is 6. The van der Waals surface area contributed by atoms with Crippen molar-refractivity contribution in [2.75, 3.05) is 19.2 Å². The number of hydrogen-bond acceptors (Lipinski definition) is 7. The van der Waals surface area contributed by atoms with Crippen LogP contribution in [0.3, 0.4) is 0 Å². The quantitative estimate of drug-likeness (QED) is 0.0950. The predicted molar refractivity (Wildman–Crippen MR) is 209 cm³/mol. The smallest absolute Gasteiger partial charge is 0.338 e. The summed E-state index contributed by atoms with van der Waals surface area (Å²) >= 11 is 2.15. The molecule has 0 aliphatic heterocycles. The van der Waals surface area contributed by atoms with Gasteiger partial charge < -0.3 is 43.4 Å². The molecule has 0 atom stereocenters. The first-order valence-corrected chi connectivity index (χ1v) is 19.1. The molecule has 2 fully saturated rings. The van der Waals surface area contributed by atoms with Gasteiger partial charge in [-0.1, -0.05) is 48.5 Å². The highest BCUT2D eigenvalue weighted by Gasteiger charge is 2.30. The molecule has 0 bridgehead atoms. The molecule has 6 aromatic rings. The van der Waals surface area contributed by atoms with E-state index in [4.69, 9.17) is 15.8 Å². The van der Waals surface area contributed by atoms with Gasteiger partial charge in [0.25, 0.3) is 0 Å². The Balaban J connectivity index is 0.000000208. The van der Waals surface area contributed by atoms with Crippen molar-refractivity contribution in [3.05, 3.63) is 94.6 Å². The van der Waals surface area contributed by atoms with Crippen LogP contribution in [0.15, 0.2) is 61.2 Å². The van der Waals surface area contributed by atoms with Crippen LogP contribution in [0.4, 0.5) is 0 Å². The number of nitrogens with zero attached hydrogens (tertiary/aromatic N) is 4. The van der Waals surface area contributed by atoms with Crippen molar-refractivity contribution in [2.45, 2.75) is 65.2 Å². The molecule has 8 rings (SSSR count). The largest absolute Gasteiger partial charge is 1.00 e. The Morgan fingerprint density at radius 3 is 1.73 bits per heavy atom. The number of aromatic amines is 2. The molecule has 12 heteroatoms. The van der Waals surface area contributed by atoms with Crippen LogP contribution in [0, 0.1) is 13.8 Å². The number of halogens is 2. The number of carbonyl (C=O) groups excluding carboxylic acids is 2. The highest BCUT2D eigenvalue weighted by atomic mass is 127. The van der Waals surface area contributed by atoms with Gasteiger partial charge in [0.1, 0.15) is 29.7 Å². The lowest BCUT2D eigenvalue weighted by Crippen LogP contribution is -3.00. The van der Waals surface area contributed by atoms with Gasteiger partial charge in [-0.2, -0.15) is 0 Å². The maximum Gasteiger partial charge on any atom is 0.338 e. The number of benzene rings is 2. The van der Waals surface area contributed by atoms with Crippen molar-refractivity contribution in [2.24, 2.45) is 7.05 Å². The molecule has 0 spiro atoms. The second kappa shape index (κ2) is 18.2. The number of imidazole rings is 2. The third-order valence-corrected chi connectivity index (χ3v) is 8.99. The molecule has 0 radical (unpaired) electrons. The average Bonchev–Trinajstić information content (AvgIpc) is 4.10. The van der Waals surface area contributed by atoms with E-state index in [9.17, 15) is 9.59 Å². The molecule has 10 nitrogen and oxygen atoms in total. The van der Waals surface area contributed by atoms with Crippen molar-refractivity contribution < 1.29 is 49.0 Å². The van der Waals surface area contributed by atoms with E-state index in [-0.39, 0.29) is 35.9 Å². The molecule has 2 aliphatic rings. The Hall–Kier alpha value is -3.92. The Morgan fingerprint density at radius 2 is 1.29 bits per heavy atom. The number of aryl methyl sites for hydroxylation is 3. The summed E-state index contributed by atoms with van der Waals surface area (Å²) in [7, 11) is 4.80. The molecule has 2 aliphatic carbocycles. The highest BCUT2D eigenvalue weighted by molar-refractivity contribution is 14.1. The maximum atomic E-state index is 12.1. The maximum absolute atomic E-state index is 12.1. The van der Waals surface area contributed by atoms with Crippen LogP contribution in [0.1, 0.15) is 95.7 Å². The molecule has 4 aromatic heterocycles. The van der Waals surface area contributed by atoms with Gasteiger partial charge in [-0.3, -0.25) is 4.98 Å². The van der Waals surface area contributed by atoms with E-state index in [1.165, 1.54) is 51.0 Å². The minimum absolute atomic E-state index is 0. The summed E-state index contributed by atoms with van der Waals surface area (Å²) in [6.07, 6.45) is 12.2. The van der Waals surface area contributed by atoms with Crippen LogP contribution in [0.2, 0.25) is 0 Å². The number of nitrogens with one attached hydrogen (secondary N) is 2. The lowest BCUT2D eigenvalue weighted by atomic mass is 9.95. The molecule has 274 valence electrons. The van der Waals surface area contributed by atoms with Gasteiger partial charge >= 0.3 is 11.9 Å². The summed E-state index contributed by atoms with van der Waals surface area (Å²) in [5.41, 5.74) is 11.3. The van der Waals surface area contributed by atoms with Crippen LogP contribution < -0.4 is 28.5 Å². The standard InChI is InChI=1S/C19H19N3O2.C18H17N3O2.C2H6.CH3I.HI/c1-11-8-14(12-4-5-12)15(9-13(11)19(23)24-3)18-20-16-6-7-22(2)10-17(16)21-18;1-10-7-13(11-3-4-11)14(8-12(10)18(22)23-2)17-20-15-5-6-19-9-16(15)21-17;2*1-2;/h6-10,12H,4-5H2,1-3H3;5-9,11H,3-4H2,1-2H3,(H,20,21);1-2H3;1H3;1H/i;;1D;;. The first-order chi connectivity index (χ1) is 25.1. The third-order valence-electron chi connectivity index (χ3n) is 8.99. The number of pyridine rings is 2. The minimum Gasteiger partial charge on any atom is -1.00 e. The fraction of sp³-hybridized carbons (Fsp3) is 0.350. The molecule has 52 heavy (non-hydrogen) atoms. The zero-order chi connectivity index (χ0) is 37.5. The molecule has 0 unspecified atom stereocenters. The van der Waals surface area contributed by atoms with Crippen molar-refractivity contribution in [1.29, 1.82) is 0 Å². The van der Waals surface area contributed by atoms with Crippen LogP contribution in [0.5, 0.6) is 0 Å². The molecule has 2 N–H and O–H groups in total. The molecule has 2 aromatic carbocycles. The monoisotopic (exact) mass is 929 g/mol. The number of ether oxygens (including phenoxy) is 2. The summed E-state index contributed by atoms with van der Waals surface area (Å²) < 4.78 is 18.0. The summed E-state index contributed by atoms with van der Waals surface area (Å²) in [6.45, 7) is 6.20. The van der Waals surface area contributed by atoms with Crippen molar-refractivity contribution in [1.82, 2.24) is 24.9 Å². The number of H-pyrrole nitrogens is 2. The SMILES string of the molecule is CI.COC(=O)c1cc(-c2nc3cc[n+](C)cc3[nH]2)c(C2CC2)cc1C.COC(=O)c1cc(-c2nc3ccncc3[nH]2)c(C2CC2)cc1C.[2H]CC.[I-]. The van der Waals surface area contributed by atoms with Crippen molar-refractivity contribution in [3.63, 3.8) is 0 Å². The van der Waals surface area contributed by atoms with Crippen LogP contribution in [0.25, 0.3) is 44.8 Å². The number of alkyl halides is 1. The number of fused-ring (bicyclic) bond motifs is 2. The van der Waals surface area contributed by atoms with Crippen LogP contribution in [-0.2, 0) is 16.5 Å². The molecular formula is C40H46I2N6O4. The van der Waals surface area contributed by atoms with Gasteiger partial charge in [-0.25, -0.2) is 24.1 Å². The number of hydrogen-bond donors (Lipinski definition) is 2. The van der Waals surface area contributed by atoms with E-state index in [0.717, 1.165) is 56.0 Å². The van der Waals surface area contributed by atoms with E-state index >= 15 is 0 Å². The second-order valence-corrected chi connectivity index (χ2v) is 12.5. The Morgan fingerprint density at radius 1 is 0.827 bits per heavy atom. The molecule has 0 amide bonds. The highest BCUT2D eigenvalue weighted by Crippen LogP contribution is 2.46. The zero-order valence-corrected chi connectivity index (χ0v) is 35.0. The number of methoxy groups -OCH3 is 2. The number of carbonyl (C=O) groups is 2. The molecule has 2 saturated carbocycles. The van der Waals surface area contributed by atoms with Gasteiger partial charge in [0.15, 0.2) is 12.4 Å². The predicted octanol–water partition coefficient (Wildman–Crippen LogP) is 5.71. The number of esters is 2. The van der Waals surface area contributed by atoms with E-state index in [1.807, 2.05) is 67.1 Å². The Labute approximate surface area is 337 Å². The van der Waals surface area contributed by atoms with E-state index in [1.54, 1.807) is 19.3 Å². The van der Waals surface area contributed by atoms with Crippen LogP contribution in [-0.4, -0.2) is 56.0 Å². The first-order valence-electron chi connectivity index (χ1n) is 17.6. The summed E-state index contributed by atoms with van der Waals surface area (Å²) in [6, 6.07) is 11.9. The minimum atomic E-state index is -0.316. The Kier molecular flexibility index (Phi) is 13.8. The number of rotatable bonds is 6. The Bertz CT molecular complexity index is 2180. The fourth-order valence-electron chi connectivity index (χ4n) is 6.17. The summed E-state index contributed by atoms with van der Waals surface area (Å²) in [5.74, 6) is 2.09. The third kappa shape index (κ3) is 8.99. The molecular weight excluding hydrogens is 882 g/mol. The lowest BCUT2D eigenvalue weighted by Gasteiger charge is -2.12. The lowest BCUT2D eigenvalue weighted by molar-refractivity contribution is -0.670. The molecule has 4 heterocycles. The zero-order valence-electron chi connectivity index (χ0n) is 31.6. The van der Waals surface area contributed by atoms with Gasteiger partial charge in [0.2, 0.25) is 0 Å². The van der Waals surface area contributed by atoms with Gasteiger partial charge in [0, 0.05) is 24.8 Å². The van der Waals surface area contributed by atoms with Crippen molar-refractivity contribution >= 4 is 56.6 Å².